The zero-order valence-corrected chi connectivity index (χ0v) is 13.1. The Kier molecular flexibility index (Phi) is 4.57. The number of nitrogens with one attached hydrogen (secondary N) is 1. The molecule has 116 valence electrons. The van der Waals surface area contributed by atoms with Gasteiger partial charge in [-0.05, 0) is 23.6 Å². The van der Waals surface area contributed by atoms with Gasteiger partial charge in [-0.1, -0.05) is 17.7 Å². The van der Waals surface area contributed by atoms with Crippen LogP contribution in [-0.2, 0) is 16.1 Å². The molecule has 5 nitrogen and oxygen atoms in total. The Morgan fingerprint density at radius 3 is 3.09 bits per heavy atom. The van der Waals surface area contributed by atoms with E-state index in [1.807, 2.05) is 30.5 Å². The summed E-state index contributed by atoms with van der Waals surface area (Å²) in [6, 6.07) is 7.53. The molecule has 1 atom stereocenters. The summed E-state index contributed by atoms with van der Waals surface area (Å²) in [4.78, 5) is 18.6. The summed E-state index contributed by atoms with van der Waals surface area (Å²) < 4.78 is 5.17. The quantitative estimate of drug-likeness (QED) is 0.934. The van der Waals surface area contributed by atoms with Gasteiger partial charge in [0.1, 0.15) is 6.04 Å². The minimum Gasteiger partial charge on any atom is -0.383 e. The lowest BCUT2D eigenvalue weighted by Crippen LogP contribution is -2.56. The lowest BCUT2D eigenvalue weighted by Gasteiger charge is -2.34. The number of halogens is 1. The van der Waals surface area contributed by atoms with Crippen LogP contribution in [0.4, 0.5) is 0 Å². The molecule has 6 heteroatoms. The molecule has 22 heavy (non-hydrogen) atoms. The molecule has 2 heterocycles. The molecule has 0 bridgehead atoms. The molecule has 0 radical (unpaired) electrons. The zero-order valence-electron chi connectivity index (χ0n) is 12.4. The first-order valence-corrected chi connectivity index (χ1v) is 7.60. The van der Waals surface area contributed by atoms with Crippen LogP contribution in [0.1, 0.15) is 5.69 Å². The number of hydrogen-bond donors (Lipinski definition) is 1. The molecule has 0 aliphatic carbocycles. The Morgan fingerprint density at radius 1 is 1.41 bits per heavy atom. The molecule has 0 saturated carbocycles. The summed E-state index contributed by atoms with van der Waals surface area (Å²) >= 11 is 5.99. The first-order chi connectivity index (χ1) is 10.7. The molecule has 1 N–H and O–H groups in total. The monoisotopic (exact) mass is 319 g/mol. The SMILES string of the molecule is COC[C@H]1C(=O)NCCN1Cc1cc2ccc(Cl)cc2cn1. The molecule has 1 aromatic carbocycles. The third-order valence-electron chi connectivity index (χ3n) is 3.87. The summed E-state index contributed by atoms with van der Waals surface area (Å²) in [7, 11) is 1.61. The van der Waals surface area contributed by atoms with Crippen LogP contribution in [0, 0.1) is 0 Å². The van der Waals surface area contributed by atoms with Gasteiger partial charge < -0.3 is 10.1 Å². The van der Waals surface area contributed by atoms with Crippen LogP contribution >= 0.6 is 11.6 Å². The van der Waals surface area contributed by atoms with E-state index in [9.17, 15) is 4.79 Å². The van der Waals surface area contributed by atoms with Crippen molar-refractivity contribution in [3.8, 4) is 0 Å². The van der Waals surface area contributed by atoms with E-state index in [0.717, 1.165) is 23.0 Å². The Hall–Kier alpha value is -1.69. The molecule has 3 rings (SSSR count). The molecule has 1 fully saturated rings. The predicted molar refractivity (Wildman–Crippen MR) is 85.8 cm³/mol. The molecule has 1 aliphatic heterocycles. The van der Waals surface area contributed by atoms with Crippen molar-refractivity contribution in [2.24, 2.45) is 0 Å². The molecular weight excluding hydrogens is 302 g/mol. The number of rotatable bonds is 4. The normalized spacial score (nSPS) is 19.4. The maximum atomic E-state index is 12.0. The van der Waals surface area contributed by atoms with Crippen LogP contribution in [0.25, 0.3) is 10.8 Å². The number of benzene rings is 1. The van der Waals surface area contributed by atoms with E-state index in [2.05, 4.69) is 15.2 Å². The number of methoxy groups -OCH3 is 1. The smallest absolute Gasteiger partial charge is 0.239 e. The van der Waals surface area contributed by atoms with Gasteiger partial charge in [-0.25, -0.2) is 0 Å². The van der Waals surface area contributed by atoms with E-state index >= 15 is 0 Å². The molecule has 1 aromatic heterocycles. The molecular formula is C16H18ClN3O2. The van der Waals surface area contributed by atoms with Crippen LogP contribution in [-0.4, -0.2) is 48.6 Å². The highest BCUT2D eigenvalue weighted by molar-refractivity contribution is 6.31. The number of aromatic nitrogens is 1. The molecule has 1 aliphatic rings. The lowest BCUT2D eigenvalue weighted by molar-refractivity contribution is -0.131. The van der Waals surface area contributed by atoms with Crippen molar-refractivity contribution < 1.29 is 9.53 Å². The van der Waals surface area contributed by atoms with Crippen molar-refractivity contribution >= 4 is 28.3 Å². The topological polar surface area (TPSA) is 54.5 Å². The Labute approximate surface area is 134 Å². The van der Waals surface area contributed by atoms with E-state index in [0.29, 0.717) is 24.7 Å². The van der Waals surface area contributed by atoms with Gasteiger partial charge in [-0.15, -0.1) is 0 Å². The molecule has 1 amide bonds. The first-order valence-electron chi connectivity index (χ1n) is 7.22. The number of amides is 1. The van der Waals surface area contributed by atoms with Gasteiger partial charge in [-0.2, -0.15) is 0 Å². The fraction of sp³-hybridized carbons (Fsp3) is 0.375. The molecule has 0 spiro atoms. The summed E-state index contributed by atoms with van der Waals surface area (Å²) in [6.45, 7) is 2.46. The number of carbonyl (C=O) groups is 1. The fourth-order valence-corrected chi connectivity index (χ4v) is 2.92. The molecule has 2 aromatic rings. The second-order valence-electron chi connectivity index (χ2n) is 5.40. The van der Waals surface area contributed by atoms with Crippen molar-refractivity contribution in [2.75, 3.05) is 26.8 Å². The minimum atomic E-state index is -0.263. The van der Waals surface area contributed by atoms with E-state index < -0.39 is 0 Å². The van der Waals surface area contributed by atoms with Gasteiger partial charge in [0, 0.05) is 43.3 Å². The molecule has 0 unspecified atom stereocenters. The number of piperazine rings is 1. The number of fused-ring (bicyclic) bond motifs is 1. The average Bonchev–Trinajstić information content (AvgIpc) is 2.51. The van der Waals surface area contributed by atoms with Crippen molar-refractivity contribution in [3.05, 3.63) is 41.2 Å². The summed E-state index contributed by atoms with van der Waals surface area (Å²) in [5, 5.41) is 5.69. The predicted octanol–water partition coefficient (Wildman–Crippen LogP) is 1.84. The third-order valence-corrected chi connectivity index (χ3v) is 4.11. The van der Waals surface area contributed by atoms with Crippen molar-refractivity contribution in [3.63, 3.8) is 0 Å². The van der Waals surface area contributed by atoms with Crippen LogP contribution in [0.15, 0.2) is 30.5 Å². The first kappa shape index (κ1) is 15.2. The van der Waals surface area contributed by atoms with Gasteiger partial charge in [0.05, 0.1) is 12.3 Å². The Balaban J connectivity index is 1.81. The average molecular weight is 320 g/mol. The maximum Gasteiger partial charge on any atom is 0.239 e. The zero-order chi connectivity index (χ0) is 15.5. The highest BCUT2D eigenvalue weighted by Gasteiger charge is 2.29. The third kappa shape index (κ3) is 3.21. The highest BCUT2D eigenvalue weighted by atomic mass is 35.5. The van der Waals surface area contributed by atoms with Crippen LogP contribution in [0.5, 0.6) is 0 Å². The molecule has 1 saturated heterocycles. The highest BCUT2D eigenvalue weighted by Crippen LogP contribution is 2.20. The second-order valence-corrected chi connectivity index (χ2v) is 5.84. The van der Waals surface area contributed by atoms with Crippen LogP contribution in [0.2, 0.25) is 5.02 Å². The van der Waals surface area contributed by atoms with Gasteiger partial charge in [0.2, 0.25) is 5.91 Å². The van der Waals surface area contributed by atoms with Gasteiger partial charge in [-0.3, -0.25) is 14.7 Å². The van der Waals surface area contributed by atoms with E-state index in [1.165, 1.54) is 0 Å². The number of hydrogen-bond acceptors (Lipinski definition) is 4. The fourth-order valence-electron chi connectivity index (χ4n) is 2.74. The maximum absolute atomic E-state index is 12.0. The second kappa shape index (κ2) is 6.60. The van der Waals surface area contributed by atoms with Crippen molar-refractivity contribution in [1.29, 1.82) is 0 Å². The van der Waals surface area contributed by atoms with E-state index in [1.54, 1.807) is 7.11 Å². The number of ether oxygens (including phenoxy) is 1. The Morgan fingerprint density at radius 2 is 2.27 bits per heavy atom. The standard InChI is InChI=1S/C16H18ClN3O2/c1-22-10-15-16(21)18-4-5-20(15)9-14-7-11-2-3-13(17)6-12(11)8-19-14/h2-3,6-8,15H,4-5,9-10H2,1H3,(H,18,21)/t15-/m0/s1. The Bertz CT molecular complexity index is 692. The number of carbonyl (C=O) groups excluding carboxylic acids is 1. The van der Waals surface area contributed by atoms with Crippen LogP contribution in [0.3, 0.4) is 0 Å². The van der Waals surface area contributed by atoms with E-state index in [4.69, 9.17) is 16.3 Å². The number of nitrogens with zero attached hydrogens (tertiary/aromatic N) is 2. The van der Waals surface area contributed by atoms with Crippen LogP contribution < -0.4 is 5.32 Å². The van der Waals surface area contributed by atoms with Gasteiger partial charge >= 0.3 is 0 Å². The van der Waals surface area contributed by atoms with E-state index in [-0.39, 0.29) is 11.9 Å². The summed E-state index contributed by atoms with van der Waals surface area (Å²) in [5.41, 5.74) is 0.936. The number of pyridine rings is 1. The summed E-state index contributed by atoms with van der Waals surface area (Å²) in [5.74, 6) is 0.0145. The van der Waals surface area contributed by atoms with Gasteiger partial charge in [0.25, 0.3) is 0 Å². The van der Waals surface area contributed by atoms with Gasteiger partial charge in [0.15, 0.2) is 0 Å². The minimum absolute atomic E-state index is 0.0145. The largest absolute Gasteiger partial charge is 0.383 e. The lowest BCUT2D eigenvalue weighted by atomic mass is 10.1. The van der Waals surface area contributed by atoms with Crippen molar-refractivity contribution in [1.82, 2.24) is 15.2 Å². The summed E-state index contributed by atoms with van der Waals surface area (Å²) in [6.07, 6.45) is 1.83. The van der Waals surface area contributed by atoms with Crippen molar-refractivity contribution in [2.45, 2.75) is 12.6 Å².